The first-order valence-corrected chi connectivity index (χ1v) is 8.83. The summed E-state index contributed by atoms with van der Waals surface area (Å²) in [5.41, 5.74) is 2.29. The molecule has 2 unspecified atom stereocenters. The van der Waals surface area contributed by atoms with E-state index in [4.69, 9.17) is 4.98 Å². The number of anilines is 1. The van der Waals surface area contributed by atoms with Crippen LogP contribution in [0.25, 0.3) is 0 Å². The molecular formula is C16H28N4S. The van der Waals surface area contributed by atoms with Crippen LogP contribution < -0.4 is 10.2 Å². The Bertz CT molecular complexity index is 454. The number of hydrogen-bond donors (Lipinski definition) is 1. The van der Waals surface area contributed by atoms with Gasteiger partial charge in [0, 0.05) is 47.6 Å². The highest BCUT2D eigenvalue weighted by molar-refractivity contribution is 8.00. The first-order chi connectivity index (χ1) is 9.95. The van der Waals surface area contributed by atoms with Crippen molar-refractivity contribution in [1.29, 1.82) is 0 Å². The van der Waals surface area contributed by atoms with Gasteiger partial charge in [-0.15, -0.1) is 0 Å². The van der Waals surface area contributed by atoms with Gasteiger partial charge in [0.25, 0.3) is 0 Å². The van der Waals surface area contributed by atoms with E-state index in [1.807, 2.05) is 6.20 Å². The molecule has 21 heavy (non-hydrogen) atoms. The predicted molar refractivity (Wildman–Crippen MR) is 92.0 cm³/mol. The Kier molecular flexibility index (Phi) is 5.88. The Morgan fingerprint density at radius 3 is 2.57 bits per heavy atom. The highest BCUT2D eigenvalue weighted by Crippen LogP contribution is 2.27. The summed E-state index contributed by atoms with van der Waals surface area (Å²) >= 11 is 2.05. The number of aromatic nitrogens is 2. The molecule has 0 aromatic carbocycles. The number of aryl methyl sites for hydroxylation is 1. The van der Waals surface area contributed by atoms with Gasteiger partial charge in [0.2, 0.25) is 5.95 Å². The maximum absolute atomic E-state index is 4.73. The maximum atomic E-state index is 4.73. The van der Waals surface area contributed by atoms with Gasteiger partial charge >= 0.3 is 0 Å². The van der Waals surface area contributed by atoms with Crippen molar-refractivity contribution >= 4 is 17.7 Å². The van der Waals surface area contributed by atoms with Crippen LogP contribution in [0.1, 0.15) is 39.0 Å². The molecule has 0 aliphatic carbocycles. The van der Waals surface area contributed by atoms with Crippen LogP contribution in [0, 0.1) is 12.8 Å². The predicted octanol–water partition coefficient (Wildman–Crippen LogP) is 2.86. The molecule has 1 aliphatic heterocycles. The van der Waals surface area contributed by atoms with E-state index in [0.29, 0.717) is 16.4 Å². The second kappa shape index (κ2) is 7.45. The summed E-state index contributed by atoms with van der Waals surface area (Å²) in [6, 6.07) is 0. The van der Waals surface area contributed by atoms with E-state index in [1.54, 1.807) is 0 Å². The summed E-state index contributed by atoms with van der Waals surface area (Å²) in [7, 11) is 0. The quantitative estimate of drug-likeness (QED) is 0.906. The Morgan fingerprint density at radius 2 is 2.00 bits per heavy atom. The van der Waals surface area contributed by atoms with Crippen LogP contribution in [0.2, 0.25) is 0 Å². The summed E-state index contributed by atoms with van der Waals surface area (Å²) in [6.07, 6.45) is 1.99. The number of thioether (sulfide) groups is 1. The molecule has 1 fully saturated rings. The van der Waals surface area contributed by atoms with Gasteiger partial charge in [0.15, 0.2) is 0 Å². The van der Waals surface area contributed by atoms with Gasteiger partial charge in [-0.25, -0.2) is 9.97 Å². The monoisotopic (exact) mass is 308 g/mol. The summed E-state index contributed by atoms with van der Waals surface area (Å²) in [5, 5.41) is 4.75. The molecule has 2 heterocycles. The van der Waals surface area contributed by atoms with E-state index in [2.05, 4.69) is 61.6 Å². The van der Waals surface area contributed by atoms with Crippen molar-refractivity contribution in [3.05, 3.63) is 17.5 Å². The summed E-state index contributed by atoms with van der Waals surface area (Å²) in [4.78, 5) is 11.6. The highest BCUT2D eigenvalue weighted by Gasteiger charge is 2.24. The number of rotatable bonds is 5. The van der Waals surface area contributed by atoms with Crippen LogP contribution in [-0.2, 0) is 6.54 Å². The van der Waals surface area contributed by atoms with Crippen molar-refractivity contribution in [2.75, 3.05) is 24.5 Å². The summed E-state index contributed by atoms with van der Waals surface area (Å²) in [6.45, 7) is 15.1. The minimum atomic E-state index is 0.644. The zero-order valence-electron chi connectivity index (χ0n) is 13.9. The molecule has 0 bridgehead atoms. The van der Waals surface area contributed by atoms with Crippen LogP contribution >= 0.6 is 11.8 Å². The fraction of sp³-hybridized carbons (Fsp3) is 0.750. The SMILES string of the molecule is Cc1nc(N2CC(C)SC(C)C2)ncc1CNCC(C)C. The Hall–Kier alpha value is -0.810. The maximum Gasteiger partial charge on any atom is 0.225 e. The highest BCUT2D eigenvalue weighted by atomic mass is 32.2. The first-order valence-electron chi connectivity index (χ1n) is 7.89. The van der Waals surface area contributed by atoms with Gasteiger partial charge in [0.05, 0.1) is 0 Å². The molecule has 0 radical (unpaired) electrons. The third-order valence-electron chi connectivity index (χ3n) is 3.64. The topological polar surface area (TPSA) is 41.1 Å². The molecular weight excluding hydrogens is 280 g/mol. The van der Waals surface area contributed by atoms with E-state index < -0.39 is 0 Å². The van der Waals surface area contributed by atoms with Gasteiger partial charge in [-0.05, 0) is 19.4 Å². The lowest BCUT2D eigenvalue weighted by Crippen LogP contribution is -2.41. The smallest absolute Gasteiger partial charge is 0.225 e. The molecule has 2 rings (SSSR count). The van der Waals surface area contributed by atoms with Crippen molar-refractivity contribution < 1.29 is 0 Å². The van der Waals surface area contributed by atoms with E-state index >= 15 is 0 Å². The average molecular weight is 308 g/mol. The molecule has 0 amide bonds. The van der Waals surface area contributed by atoms with Crippen LogP contribution in [0.15, 0.2) is 6.20 Å². The van der Waals surface area contributed by atoms with E-state index in [-0.39, 0.29) is 0 Å². The van der Waals surface area contributed by atoms with Crippen LogP contribution in [0.4, 0.5) is 5.95 Å². The number of nitrogens with one attached hydrogen (secondary N) is 1. The zero-order valence-corrected chi connectivity index (χ0v) is 14.7. The summed E-state index contributed by atoms with van der Waals surface area (Å²) in [5.74, 6) is 1.55. The van der Waals surface area contributed by atoms with Gasteiger partial charge in [-0.2, -0.15) is 11.8 Å². The molecule has 1 aliphatic rings. The van der Waals surface area contributed by atoms with Crippen LogP contribution in [-0.4, -0.2) is 40.1 Å². The lowest BCUT2D eigenvalue weighted by atomic mass is 10.2. The second-order valence-electron chi connectivity index (χ2n) is 6.47. The van der Waals surface area contributed by atoms with Crippen molar-refractivity contribution in [1.82, 2.24) is 15.3 Å². The van der Waals surface area contributed by atoms with E-state index in [0.717, 1.165) is 37.8 Å². The molecule has 1 aromatic rings. The van der Waals surface area contributed by atoms with Crippen molar-refractivity contribution in [3.63, 3.8) is 0 Å². The van der Waals surface area contributed by atoms with Crippen molar-refractivity contribution in [2.24, 2.45) is 5.92 Å². The van der Waals surface area contributed by atoms with Gasteiger partial charge < -0.3 is 10.2 Å². The molecule has 0 spiro atoms. The molecule has 4 nitrogen and oxygen atoms in total. The van der Waals surface area contributed by atoms with Gasteiger partial charge in [-0.3, -0.25) is 0 Å². The lowest BCUT2D eigenvalue weighted by Gasteiger charge is -2.34. The van der Waals surface area contributed by atoms with E-state index in [9.17, 15) is 0 Å². The molecule has 2 atom stereocenters. The van der Waals surface area contributed by atoms with E-state index in [1.165, 1.54) is 5.56 Å². The lowest BCUT2D eigenvalue weighted by molar-refractivity contribution is 0.550. The third kappa shape index (κ3) is 4.85. The standard InChI is InChI=1S/C16H28N4S/c1-11(2)6-17-7-15-8-18-16(19-14(15)5)20-9-12(3)21-13(4)10-20/h8,11-13,17H,6-7,9-10H2,1-5H3. The Morgan fingerprint density at radius 1 is 1.33 bits per heavy atom. The fourth-order valence-electron chi connectivity index (χ4n) is 2.64. The average Bonchev–Trinajstić information content (AvgIpc) is 2.39. The van der Waals surface area contributed by atoms with Gasteiger partial charge in [0.1, 0.15) is 0 Å². The number of hydrogen-bond acceptors (Lipinski definition) is 5. The second-order valence-corrected chi connectivity index (χ2v) is 8.35. The minimum Gasteiger partial charge on any atom is -0.339 e. The molecule has 118 valence electrons. The van der Waals surface area contributed by atoms with Crippen molar-refractivity contribution in [3.8, 4) is 0 Å². The molecule has 1 saturated heterocycles. The van der Waals surface area contributed by atoms with Gasteiger partial charge in [-0.1, -0.05) is 27.7 Å². The minimum absolute atomic E-state index is 0.644. The largest absolute Gasteiger partial charge is 0.339 e. The molecule has 1 aromatic heterocycles. The third-order valence-corrected chi connectivity index (χ3v) is 4.87. The number of nitrogens with zero attached hydrogens (tertiary/aromatic N) is 3. The molecule has 0 saturated carbocycles. The molecule has 1 N–H and O–H groups in total. The normalized spacial score (nSPS) is 22.9. The van der Waals surface area contributed by atoms with Crippen molar-refractivity contribution in [2.45, 2.75) is 51.7 Å². The van der Waals surface area contributed by atoms with Crippen LogP contribution in [0.5, 0.6) is 0 Å². The Balaban J connectivity index is 2.01. The molecule has 5 heteroatoms. The Labute approximate surface area is 133 Å². The van der Waals surface area contributed by atoms with Crippen LogP contribution in [0.3, 0.4) is 0 Å². The zero-order chi connectivity index (χ0) is 15.4. The summed E-state index contributed by atoms with van der Waals surface area (Å²) < 4.78 is 0. The first kappa shape index (κ1) is 16.6. The fourth-order valence-corrected chi connectivity index (χ4v) is 3.97.